The van der Waals surface area contributed by atoms with Crippen LogP contribution in [-0.4, -0.2) is 38.1 Å². The van der Waals surface area contributed by atoms with E-state index in [4.69, 9.17) is 0 Å². The molecular formula is C21H26N6O3. The van der Waals surface area contributed by atoms with Gasteiger partial charge in [0.25, 0.3) is 5.56 Å². The third kappa shape index (κ3) is 3.74. The van der Waals surface area contributed by atoms with Crippen LogP contribution in [0.2, 0.25) is 0 Å². The Bertz CT molecular complexity index is 1220. The van der Waals surface area contributed by atoms with Crippen LogP contribution in [0, 0.1) is 12.8 Å². The molecule has 0 radical (unpaired) electrons. The van der Waals surface area contributed by atoms with E-state index in [2.05, 4.69) is 15.3 Å². The Morgan fingerprint density at radius 3 is 2.83 bits per heavy atom. The molecular weight excluding hydrogens is 384 g/mol. The highest BCUT2D eigenvalue weighted by Crippen LogP contribution is 2.21. The summed E-state index contributed by atoms with van der Waals surface area (Å²) < 4.78 is 2.53. The molecule has 1 amide bonds. The Kier molecular flexibility index (Phi) is 5.19. The number of anilines is 1. The number of aromatic nitrogens is 4. The maximum atomic E-state index is 12.8. The Morgan fingerprint density at radius 2 is 2.03 bits per heavy atom. The summed E-state index contributed by atoms with van der Waals surface area (Å²) in [6.45, 7) is 3.51. The monoisotopic (exact) mass is 410 g/mol. The maximum absolute atomic E-state index is 12.8. The number of carbonyl (C=O) groups is 1. The van der Waals surface area contributed by atoms with Gasteiger partial charge in [0.05, 0.1) is 23.5 Å². The van der Waals surface area contributed by atoms with Gasteiger partial charge in [-0.2, -0.15) is 0 Å². The second-order valence-corrected chi connectivity index (χ2v) is 7.95. The van der Waals surface area contributed by atoms with Crippen LogP contribution in [0.5, 0.6) is 0 Å². The summed E-state index contributed by atoms with van der Waals surface area (Å²) in [4.78, 5) is 46.8. The molecule has 1 saturated heterocycles. The number of nitrogens with one attached hydrogen (secondary N) is 2. The second-order valence-electron chi connectivity index (χ2n) is 7.95. The van der Waals surface area contributed by atoms with Crippen LogP contribution in [0.4, 0.5) is 5.82 Å². The molecule has 0 saturated carbocycles. The lowest BCUT2D eigenvalue weighted by atomic mass is 9.97. The van der Waals surface area contributed by atoms with Crippen molar-refractivity contribution in [3.8, 4) is 0 Å². The fourth-order valence-electron chi connectivity index (χ4n) is 4.00. The molecule has 9 heteroatoms. The van der Waals surface area contributed by atoms with Crippen molar-refractivity contribution >= 4 is 22.8 Å². The molecule has 2 N–H and O–H groups in total. The number of hydrogen-bond acceptors (Lipinski definition) is 5. The van der Waals surface area contributed by atoms with E-state index in [0.29, 0.717) is 31.3 Å². The first-order chi connectivity index (χ1) is 14.3. The summed E-state index contributed by atoms with van der Waals surface area (Å²) in [7, 11) is 3.10. The molecule has 1 atom stereocenters. The highest BCUT2D eigenvalue weighted by atomic mass is 16.2. The summed E-state index contributed by atoms with van der Waals surface area (Å²) in [6, 6.07) is 7.45. The first kappa shape index (κ1) is 19.9. The van der Waals surface area contributed by atoms with E-state index in [-0.39, 0.29) is 23.1 Å². The Hall–Kier alpha value is -3.36. The highest BCUT2D eigenvalue weighted by Gasteiger charge is 2.27. The number of rotatable bonds is 4. The summed E-state index contributed by atoms with van der Waals surface area (Å²) >= 11 is 0. The molecule has 4 rings (SSSR count). The number of amides is 1. The summed E-state index contributed by atoms with van der Waals surface area (Å²) in [6.07, 6.45) is 1.58. The van der Waals surface area contributed by atoms with Gasteiger partial charge in [-0.25, -0.2) is 9.78 Å². The lowest BCUT2D eigenvalue weighted by molar-refractivity contribution is -0.125. The van der Waals surface area contributed by atoms with Crippen LogP contribution in [0.15, 0.2) is 33.9 Å². The van der Waals surface area contributed by atoms with Crippen molar-refractivity contribution in [1.82, 2.24) is 24.4 Å². The molecule has 1 aliphatic heterocycles. The highest BCUT2D eigenvalue weighted by molar-refractivity contribution is 5.80. The van der Waals surface area contributed by atoms with Gasteiger partial charge in [-0.05, 0) is 37.5 Å². The van der Waals surface area contributed by atoms with Crippen LogP contribution in [-0.2, 0) is 25.4 Å². The van der Waals surface area contributed by atoms with Gasteiger partial charge >= 0.3 is 5.69 Å². The van der Waals surface area contributed by atoms with Crippen molar-refractivity contribution < 1.29 is 4.79 Å². The van der Waals surface area contributed by atoms with Gasteiger partial charge in [0, 0.05) is 33.3 Å². The van der Waals surface area contributed by atoms with E-state index in [0.717, 1.165) is 34.0 Å². The van der Waals surface area contributed by atoms with Crippen molar-refractivity contribution in [1.29, 1.82) is 0 Å². The zero-order chi connectivity index (χ0) is 21.4. The average Bonchev–Trinajstić information content (AvgIpc) is 3.15. The van der Waals surface area contributed by atoms with E-state index in [1.165, 1.54) is 17.7 Å². The number of aromatic amines is 1. The minimum atomic E-state index is -0.371. The number of H-pyrrole nitrogens is 1. The largest absolute Gasteiger partial charge is 0.357 e. The summed E-state index contributed by atoms with van der Waals surface area (Å²) in [5, 5.41) is 2.97. The minimum Gasteiger partial charge on any atom is -0.357 e. The number of aryl methyl sites for hydroxylation is 1. The molecule has 9 nitrogen and oxygen atoms in total. The number of hydrogen-bond donors (Lipinski definition) is 2. The number of nitrogens with zero attached hydrogens (tertiary/aromatic N) is 4. The maximum Gasteiger partial charge on any atom is 0.332 e. The number of piperidine rings is 1. The standard InChI is InChI=1S/C21H26N6O3/c1-13-6-7-15-16(9-13)24-17(23-15)11-22-20(29)14-5-4-8-27(12-14)18-10-19(28)26(3)21(30)25(18)2/h6-7,9-10,14H,4-5,8,11-12H2,1-3H3,(H,22,29)(H,23,24). The van der Waals surface area contributed by atoms with Gasteiger partial charge in [-0.1, -0.05) is 6.07 Å². The van der Waals surface area contributed by atoms with Crippen molar-refractivity contribution in [2.45, 2.75) is 26.3 Å². The number of benzene rings is 1. The van der Waals surface area contributed by atoms with Crippen molar-refractivity contribution in [3.63, 3.8) is 0 Å². The SMILES string of the molecule is Cc1ccc2nc(CNC(=O)C3CCCN(c4cc(=O)n(C)c(=O)n4C)C3)[nH]c2c1. The first-order valence-corrected chi connectivity index (χ1v) is 10.1. The molecule has 0 spiro atoms. The van der Waals surface area contributed by atoms with Gasteiger partial charge in [-0.3, -0.25) is 18.7 Å². The van der Waals surface area contributed by atoms with E-state index in [1.54, 1.807) is 7.05 Å². The zero-order valence-electron chi connectivity index (χ0n) is 17.4. The van der Waals surface area contributed by atoms with Crippen LogP contribution in [0.25, 0.3) is 11.0 Å². The normalized spacial score (nSPS) is 16.8. The molecule has 0 aliphatic carbocycles. The zero-order valence-corrected chi connectivity index (χ0v) is 17.4. The van der Waals surface area contributed by atoms with E-state index < -0.39 is 0 Å². The number of imidazole rings is 1. The topological polar surface area (TPSA) is 105 Å². The van der Waals surface area contributed by atoms with Gasteiger partial charge < -0.3 is 15.2 Å². The van der Waals surface area contributed by atoms with E-state index in [9.17, 15) is 14.4 Å². The molecule has 3 heterocycles. The molecule has 1 aromatic carbocycles. The molecule has 2 aromatic heterocycles. The molecule has 158 valence electrons. The van der Waals surface area contributed by atoms with Crippen LogP contribution in [0.1, 0.15) is 24.2 Å². The smallest absolute Gasteiger partial charge is 0.332 e. The summed E-state index contributed by atoms with van der Waals surface area (Å²) in [5.74, 6) is 0.994. The van der Waals surface area contributed by atoms with Crippen LogP contribution in [0.3, 0.4) is 0 Å². The van der Waals surface area contributed by atoms with Crippen molar-refractivity contribution in [2.75, 3.05) is 18.0 Å². The van der Waals surface area contributed by atoms with E-state index >= 15 is 0 Å². The molecule has 1 unspecified atom stereocenters. The van der Waals surface area contributed by atoms with Gasteiger partial charge in [0.1, 0.15) is 11.6 Å². The number of carbonyl (C=O) groups excluding carboxylic acids is 1. The average molecular weight is 410 g/mol. The van der Waals surface area contributed by atoms with Gasteiger partial charge in [0.15, 0.2) is 0 Å². The lowest BCUT2D eigenvalue weighted by Crippen LogP contribution is -2.46. The Balaban J connectivity index is 1.44. The minimum absolute atomic E-state index is 0.0508. The van der Waals surface area contributed by atoms with Gasteiger partial charge in [0.2, 0.25) is 5.91 Å². The number of fused-ring (bicyclic) bond motifs is 1. The third-order valence-electron chi connectivity index (χ3n) is 5.73. The molecule has 3 aromatic rings. The second kappa shape index (κ2) is 7.81. The quantitative estimate of drug-likeness (QED) is 0.662. The predicted octanol–water partition coefficient (Wildman–Crippen LogP) is 0.802. The Labute approximate surface area is 173 Å². The third-order valence-corrected chi connectivity index (χ3v) is 5.73. The molecule has 1 aliphatic rings. The summed E-state index contributed by atoms with van der Waals surface area (Å²) in [5.41, 5.74) is 2.26. The fraction of sp³-hybridized carbons (Fsp3) is 0.429. The Morgan fingerprint density at radius 1 is 1.23 bits per heavy atom. The lowest BCUT2D eigenvalue weighted by Gasteiger charge is -2.34. The van der Waals surface area contributed by atoms with Crippen molar-refractivity contribution in [3.05, 3.63) is 56.5 Å². The fourth-order valence-corrected chi connectivity index (χ4v) is 4.00. The van der Waals surface area contributed by atoms with Crippen LogP contribution >= 0.6 is 0 Å². The van der Waals surface area contributed by atoms with Gasteiger partial charge in [-0.15, -0.1) is 0 Å². The van der Waals surface area contributed by atoms with Crippen LogP contribution < -0.4 is 21.5 Å². The van der Waals surface area contributed by atoms with Crippen molar-refractivity contribution in [2.24, 2.45) is 20.0 Å². The molecule has 0 bridgehead atoms. The predicted molar refractivity (Wildman–Crippen MR) is 115 cm³/mol. The molecule has 1 fully saturated rings. The van der Waals surface area contributed by atoms with E-state index in [1.807, 2.05) is 30.0 Å². The molecule has 30 heavy (non-hydrogen) atoms. The first-order valence-electron chi connectivity index (χ1n) is 10.1.